The Morgan fingerprint density at radius 3 is 2.57 bits per heavy atom. The molecule has 1 saturated heterocycles. The Kier molecular flexibility index (Phi) is 8.68. The van der Waals surface area contributed by atoms with Crippen LogP contribution >= 0.6 is 11.8 Å². The zero-order valence-electron chi connectivity index (χ0n) is 26.2. The van der Waals surface area contributed by atoms with E-state index < -0.39 is 0 Å². The molecule has 0 atom stereocenters. The molecule has 0 spiro atoms. The van der Waals surface area contributed by atoms with E-state index >= 15 is 0 Å². The molecule has 0 unspecified atom stereocenters. The van der Waals surface area contributed by atoms with Gasteiger partial charge < -0.3 is 25.6 Å². The molecule has 4 aromatic rings. The van der Waals surface area contributed by atoms with E-state index in [4.69, 9.17) is 14.7 Å². The number of hydrogen-bond donors (Lipinski definition) is 3. The van der Waals surface area contributed by atoms with Crippen molar-refractivity contribution in [2.75, 3.05) is 37.4 Å². The number of ether oxygens (including phenoxy) is 1. The number of likely N-dealkylation sites (N-methyl/N-ethyl adjacent to an activating group) is 1. The summed E-state index contributed by atoms with van der Waals surface area (Å²) in [6.45, 7) is 11.0. The van der Waals surface area contributed by atoms with Crippen LogP contribution in [0.4, 0.5) is 23.3 Å². The molecule has 1 saturated carbocycles. The van der Waals surface area contributed by atoms with Crippen molar-refractivity contribution in [1.29, 1.82) is 0 Å². The number of carbonyl (C=O) groups excluding carboxylic acids is 1. The number of likely N-dealkylation sites (tertiary alicyclic amines) is 1. The molecular formula is C33H42N8O2S. The fourth-order valence-electron chi connectivity index (χ4n) is 6.17. The van der Waals surface area contributed by atoms with E-state index in [1.54, 1.807) is 29.6 Å². The van der Waals surface area contributed by atoms with Crippen LogP contribution in [0.25, 0.3) is 5.65 Å². The smallest absolute Gasteiger partial charge is 0.242 e. The van der Waals surface area contributed by atoms with Crippen LogP contribution in [0.15, 0.2) is 53.6 Å². The third-order valence-corrected chi connectivity index (χ3v) is 9.56. The number of carbonyl (C=O) groups is 1. The molecule has 44 heavy (non-hydrogen) atoms. The summed E-state index contributed by atoms with van der Waals surface area (Å²) in [4.78, 5) is 25.9. The van der Waals surface area contributed by atoms with Crippen LogP contribution in [-0.2, 0) is 4.79 Å². The molecule has 1 aliphatic heterocycles. The number of rotatable bonds is 11. The molecule has 3 heterocycles. The van der Waals surface area contributed by atoms with Gasteiger partial charge in [-0.15, -0.1) is 11.8 Å². The lowest BCUT2D eigenvalue weighted by Crippen LogP contribution is -2.50. The van der Waals surface area contributed by atoms with Gasteiger partial charge in [-0.3, -0.25) is 4.79 Å². The summed E-state index contributed by atoms with van der Waals surface area (Å²) in [6.07, 6.45) is 5.50. The maximum absolute atomic E-state index is 13.2. The summed E-state index contributed by atoms with van der Waals surface area (Å²) in [5, 5.41) is 15.2. The summed E-state index contributed by atoms with van der Waals surface area (Å²) in [7, 11) is 1.69. The second kappa shape index (κ2) is 12.6. The number of nitrogens with zero attached hydrogens (tertiary/aromatic N) is 5. The van der Waals surface area contributed by atoms with E-state index in [0.717, 1.165) is 67.3 Å². The van der Waals surface area contributed by atoms with Crippen molar-refractivity contribution in [2.24, 2.45) is 0 Å². The molecule has 2 aliphatic rings. The van der Waals surface area contributed by atoms with Crippen molar-refractivity contribution in [2.45, 2.75) is 75.0 Å². The first-order chi connectivity index (χ1) is 21.3. The van der Waals surface area contributed by atoms with Gasteiger partial charge in [0, 0.05) is 29.3 Å². The molecule has 232 valence electrons. The Labute approximate surface area is 263 Å². The van der Waals surface area contributed by atoms with E-state index in [1.807, 2.05) is 24.3 Å². The van der Waals surface area contributed by atoms with Gasteiger partial charge >= 0.3 is 0 Å². The van der Waals surface area contributed by atoms with Gasteiger partial charge in [-0.05, 0) is 80.5 Å². The van der Waals surface area contributed by atoms with Gasteiger partial charge in [0.25, 0.3) is 0 Å². The van der Waals surface area contributed by atoms with Crippen molar-refractivity contribution in [3.63, 3.8) is 0 Å². The number of para-hydroxylation sites is 1. The van der Waals surface area contributed by atoms with Crippen molar-refractivity contribution >= 4 is 46.6 Å². The van der Waals surface area contributed by atoms with E-state index in [2.05, 4.69) is 71.8 Å². The molecule has 0 bridgehead atoms. The van der Waals surface area contributed by atoms with Crippen LogP contribution in [0.2, 0.25) is 0 Å². The van der Waals surface area contributed by atoms with Crippen LogP contribution in [0.3, 0.4) is 0 Å². The van der Waals surface area contributed by atoms with Crippen LogP contribution in [0, 0.1) is 6.92 Å². The normalized spacial score (nSPS) is 16.4. The quantitative estimate of drug-likeness (QED) is 0.168. The van der Waals surface area contributed by atoms with Crippen molar-refractivity contribution in [1.82, 2.24) is 29.8 Å². The van der Waals surface area contributed by atoms with Gasteiger partial charge in [0.2, 0.25) is 17.8 Å². The van der Waals surface area contributed by atoms with Gasteiger partial charge in [0.1, 0.15) is 5.75 Å². The molecule has 11 heteroatoms. The second-order valence-corrected chi connectivity index (χ2v) is 13.6. The minimum Gasteiger partial charge on any atom is -0.495 e. The van der Waals surface area contributed by atoms with Crippen LogP contribution < -0.4 is 20.7 Å². The minimum absolute atomic E-state index is 0.276. The Morgan fingerprint density at radius 2 is 1.86 bits per heavy atom. The zero-order chi connectivity index (χ0) is 30.8. The van der Waals surface area contributed by atoms with Gasteiger partial charge in [-0.25, -0.2) is 0 Å². The molecule has 1 amide bonds. The largest absolute Gasteiger partial charge is 0.495 e. The fraction of sp³-hybridized carbons (Fsp3) is 0.455. The average Bonchev–Trinajstić information content (AvgIpc) is 3.64. The SMILES string of the molecule is CCNC1(C(=O)N2CCC(c3cc(OC)c(Nc4nc(Nc5ccccc5SC(C)C)n5nccc5n4)cc3C)CC2)CC1. The summed E-state index contributed by atoms with van der Waals surface area (Å²) < 4.78 is 7.57. The van der Waals surface area contributed by atoms with Crippen molar-refractivity contribution < 1.29 is 9.53 Å². The lowest BCUT2D eigenvalue weighted by molar-refractivity contribution is -0.135. The second-order valence-electron chi connectivity index (χ2n) is 12.0. The van der Waals surface area contributed by atoms with Gasteiger partial charge in [-0.2, -0.15) is 19.6 Å². The maximum Gasteiger partial charge on any atom is 0.242 e. The third-order valence-electron chi connectivity index (χ3n) is 8.48. The summed E-state index contributed by atoms with van der Waals surface area (Å²) in [5.74, 6) is 2.39. The predicted octanol–water partition coefficient (Wildman–Crippen LogP) is 6.28. The molecule has 10 nitrogen and oxygen atoms in total. The zero-order valence-corrected chi connectivity index (χ0v) is 27.0. The molecular weight excluding hydrogens is 572 g/mol. The summed E-state index contributed by atoms with van der Waals surface area (Å²) >= 11 is 1.80. The van der Waals surface area contributed by atoms with Crippen molar-refractivity contribution in [3.05, 3.63) is 59.8 Å². The Hall–Kier alpha value is -3.83. The highest BCUT2D eigenvalue weighted by molar-refractivity contribution is 8.00. The first-order valence-corrected chi connectivity index (χ1v) is 16.4. The monoisotopic (exact) mass is 614 g/mol. The highest BCUT2D eigenvalue weighted by atomic mass is 32.2. The van der Waals surface area contributed by atoms with Crippen LogP contribution in [-0.4, -0.2) is 67.9 Å². The maximum atomic E-state index is 13.2. The number of hydrogen-bond acceptors (Lipinski definition) is 9. The van der Waals surface area contributed by atoms with Crippen LogP contribution in [0.5, 0.6) is 5.75 Å². The van der Waals surface area contributed by atoms with E-state index in [-0.39, 0.29) is 11.4 Å². The highest BCUT2D eigenvalue weighted by Gasteiger charge is 2.51. The molecule has 2 fully saturated rings. The first-order valence-electron chi connectivity index (χ1n) is 15.5. The van der Waals surface area contributed by atoms with E-state index in [0.29, 0.717) is 28.7 Å². The van der Waals surface area contributed by atoms with Gasteiger partial charge in [-0.1, -0.05) is 32.9 Å². The summed E-state index contributed by atoms with van der Waals surface area (Å²) in [5.41, 5.74) is 4.57. The highest BCUT2D eigenvalue weighted by Crippen LogP contribution is 2.41. The number of benzene rings is 2. The van der Waals surface area contributed by atoms with Gasteiger partial charge in [0.05, 0.1) is 30.2 Å². The number of thioether (sulfide) groups is 1. The number of fused-ring (bicyclic) bond motifs is 1. The minimum atomic E-state index is -0.304. The Bertz CT molecular complexity index is 1640. The number of amides is 1. The predicted molar refractivity (Wildman–Crippen MR) is 177 cm³/mol. The molecule has 3 N–H and O–H groups in total. The van der Waals surface area contributed by atoms with Crippen molar-refractivity contribution in [3.8, 4) is 5.75 Å². The number of nitrogens with one attached hydrogen (secondary N) is 3. The third kappa shape index (κ3) is 6.21. The van der Waals surface area contributed by atoms with Gasteiger partial charge in [0.15, 0.2) is 5.65 Å². The fourth-order valence-corrected chi connectivity index (χ4v) is 7.08. The summed E-state index contributed by atoms with van der Waals surface area (Å²) in [6, 6.07) is 14.3. The Balaban J connectivity index is 1.21. The standard InChI is InChI=1S/C33H42N8O2S/c1-6-34-33(14-15-33)30(42)40-17-12-23(13-18-40)24-20-27(43-5)26(19-22(24)4)36-31-38-29-11-16-35-41(29)32(39-31)37-25-9-7-8-10-28(25)44-21(2)3/h7-11,16,19-21,23,34H,6,12-15,17-18H2,1-5H3,(H2,36,37,38,39). The number of piperidine rings is 1. The van der Waals surface area contributed by atoms with Crippen LogP contribution in [0.1, 0.15) is 63.5 Å². The lowest BCUT2D eigenvalue weighted by Gasteiger charge is -2.35. The number of methoxy groups -OCH3 is 1. The molecule has 2 aromatic carbocycles. The Morgan fingerprint density at radius 1 is 1.09 bits per heavy atom. The topological polar surface area (TPSA) is 109 Å². The molecule has 1 aliphatic carbocycles. The van der Waals surface area contributed by atoms with E-state index in [9.17, 15) is 4.79 Å². The molecule has 2 aromatic heterocycles. The number of anilines is 4. The lowest BCUT2D eigenvalue weighted by atomic mass is 9.86. The number of aryl methyl sites for hydroxylation is 1. The molecule has 6 rings (SSSR count). The molecule has 0 radical (unpaired) electrons. The van der Waals surface area contributed by atoms with E-state index in [1.165, 1.54) is 11.1 Å². The average molecular weight is 615 g/mol. The number of aromatic nitrogens is 4. The first kappa shape index (κ1) is 30.2.